The number of fused-ring (bicyclic) bond motifs is 2. The molecule has 26 heavy (non-hydrogen) atoms. The number of carbonyl (C=O) groups excluding carboxylic acids is 1. The number of hydrogen-bond donors (Lipinski definition) is 2. The zero-order valence-corrected chi connectivity index (χ0v) is 15.4. The lowest BCUT2D eigenvalue weighted by atomic mass is 9.76. The number of nitrogens with one attached hydrogen (secondary N) is 1. The molecule has 2 aromatic rings. The van der Waals surface area contributed by atoms with Gasteiger partial charge in [0.15, 0.2) is 0 Å². The van der Waals surface area contributed by atoms with Crippen molar-refractivity contribution in [3.05, 3.63) is 26.6 Å². The predicted octanol–water partition coefficient (Wildman–Crippen LogP) is 2.23. The van der Waals surface area contributed by atoms with Crippen LogP contribution in [-0.2, 0) is 17.8 Å². The molecule has 2 aliphatic rings. The number of carboxylic acids is 1. The van der Waals surface area contributed by atoms with Crippen molar-refractivity contribution in [2.45, 2.75) is 64.0 Å². The number of rotatable bonds is 3. The molecule has 0 unspecified atom stereocenters. The lowest BCUT2D eigenvalue weighted by Crippen LogP contribution is -2.59. The molecule has 0 atom stereocenters. The van der Waals surface area contributed by atoms with Crippen molar-refractivity contribution in [2.75, 3.05) is 0 Å². The SMILES string of the molecule is Cc1c(C(=O)NC2(C(=O)O)CCC2)sc2nc3n(c(=O)c12)CCCCC3. The summed E-state index contributed by atoms with van der Waals surface area (Å²) in [6.45, 7) is 2.41. The van der Waals surface area contributed by atoms with Crippen LogP contribution < -0.4 is 10.9 Å². The number of nitrogens with zero attached hydrogens (tertiary/aromatic N) is 2. The van der Waals surface area contributed by atoms with Gasteiger partial charge in [-0.3, -0.25) is 14.2 Å². The fourth-order valence-electron chi connectivity index (χ4n) is 3.82. The van der Waals surface area contributed by atoms with Crippen LogP contribution in [0.5, 0.6) is 0 Å². The van der Waals surface area contributed by atoms with Gasteiger partial charge in [-0.15, -0.1) is 11.3 Å². The number of aromatic nitrogens is 2. The molecule has 1 aliphatic heterocycles. The van der Waals surface area contributed by atoms with Gasteiger partial charge in [0.05, 0.1) is 10.3 Å². The highest BCUT2D eigenvalue weighted by atomic mass is 32.1. The van der Waals surface area contributed by atoms with Gasteiger partial charge in [-0.1, -0.05) is 6.42 Å². The van der Waals surface area contributed by atoms with Gasteiger partial charge in [-0.2, -0.15) is 0 Å². The van der Waals surface area contributed by atoms with Crippen molar-refractivity contribution in [3.63, 3.8) is 0 Å². The maximum atomic E-state index is 12.9. The summed E-state index contributed by atoms with van der Waals surface area (Å²) >= 11 is 1.18. The first-order valence-corrected chi connectivity index (χ1v) is 9.83. The molecule has 2 aromatic heterocycles. The highest BCUT2D eigenvalue weighted by Crippen LogP contribution is 2.34. The average Bonchev–Trinajstić information content (AvgIpc) is 2.74. The van der Waals surface area contributed by atoms with Gasteiger partial charge in [-0.25, -0.2) is 9.78 Å². The van der Waals surface area contributed by atoms with Crippen molar-refractivity contribution in [1.29, 1.82) is 0 Å². The Labute approximate surface area is 154 Å². The monoisotopic (exact) mass is 375 g/mol. The lowest BCUT2D eigenvalue weighted by molar-refractivity contribution is -0.148. The lowest BCUT2D eigenvalue weighted by Gasteiger charge is -2.38. The first-order valence-electron chi connectivity index (χ1n) is 9.02. The third kappa shape index (κ3) is 2.55. The van der Waals surface area contributed by atoms with Crippen molar-refractivity contribution in [3.8, 4) is 0 Å². The molecule has 0 saturated heterocycles. The molecule has 0 bridgehead atoms. The molecule has 1 saturated carbocycles. The minimum atomic E-state index is -1.17. The summed E-state index contributed by atoms with van der Waals surface area (Å²) in [7, 11) is 0. The zero-order chi connectivity index (χ0) is 18.5. The fraction of sp³-hybridized carbons (Fsp3) is 0.556. The van der Waals surface area contributed by atoms with Crippen LogP contribution in [0.1, 0.15) is 59.6 Å². The molecule has 1 amide bonds. The number of hydrogen-bond acceptors (Lipinski definition) is 5. The Morgan fingerprint density at radius 3 is 2.65 bits per heavy atom. The Balaban J connectivity index is 1.76. The van der Waals surface area contributed by atoms with E-state index in [0.29, 0.717) is 40.0 Å². The third-order valence-electron chi connectivity index (χ3n) is 5.59. The van der Waals surface area contributed by atoms with E-state index >= 15 is 0 Å². The summed E-state index contributed by atoms with van der Waals surface area (Å²) in [6.07, 6.45) is 5.48. The second-order valence-electron chi connectivity index (χ2n) is 7.23. The van der Waals surface area contributed by atoms with Crippen LogP contribution in [0.2, 0.25) is 0 Å². The zero-order valence-electron chi connectivity index (χ0n) is 14.6. The smallest absolute Gasteiger partial charge is 0.329 e. The summed E-state index contributed by atoms with van der Waals surface area (Å²) < 4.78 is 1.74. The van der Waals surface area contributed by atoms with Crippen LogP contribution in [-0.4, -0.2) is 32.1 Å². The molecule has 1 fully saturated rings. The predicted molar refractivity (Wildman–Crippen MR) is 97.9 cm³/mol. The highest BCUT2D eigenvalue weighted by molar-refractivity contribution is 7.20. The van der Waals surface area contributed by atoms with Gasteiger partial charge in [0.2, 0.25) is 0 Å². The summed E-state index contributed by atoms with van der Waals surface area (Å²) in [6, 6.07) is 0. The van der Waals surface area contributed by atoms with E-state index in [9.17, 15) is 19.5 Å². The molecule has 0 spiro atoms. The summed E-state index contributed by atoms with van der Waals surface area (Å²) in [5.41, 5.74) is -0.657. The van der Waals surface area contributed by atoms with Crippen LogP contribution in [0, 0.1) is 6.92 Å². The molecule has 2 N–H and O–H groups in total. The maximum Gasteiger partial charge on any atom is 0.329 e. The molecular formula is C18H21N3O4S. The van der Waals surface area contributed by atoms with Crippen LogP contribution in [0.15, 0.2) is 4.79 Å². The van der Waals surface area contributed by atoms with Gasteiger partial charge >= 0.3 is 5.97 Å². The van der Waals surface area contributed by atoms with Crippen LogP contribution in [0.25, 0.3) is 10.2 Å². The molecule has 0 aromatic carbocycles. The number of aliphatic carboxylic acids is 1. The highest BCUT2D eigenvalue weighted by Gasteiger charge is 2.46. The van der Waals surface area contributed by atoms with Gasteiger partial charge in [-0.05, 0) is 44.6 Å². The van der Waals surface area contributed by atoms with Crippen LogP contribution in [0.4, 0.5) is 0 Å². The Bertz CT molecular complexity index is 971. The number of aryl methyl sites for hydroxylation is 2. The van der Waals surface area contributed by atoms with Crippen LogP contribution >= 0.6 is 11.3 Å². The fourth-order valence-corrected chi connectivity index (χ4v) is 4.91. The van der Waals surface area contributed by atoms with Gasteiger partial charge in [0, 0.05) is 13.0 Å². The molecule has 1 aliphatic carbocycles. The Kier molecular flexibility index (Phi) is 4.10. The van der Waals surface area contributed by atoms with Crippen molar-refractivity contribution in [1.82, 2.24) is 14.9 Å². The van der Waals surface area contributed by atoms with Crippen molar-refractivity contribution >= 4 is 33.4 Å². The summed E-state index contributed by atoms with van der Waals surface area (Å²) in [5, 5.41) is 12.6. The first-order chi connectivity index (χ1) is 12.4. The number of carbonyl (C=O) groups is 2. The molecule has 3 heterocycles. The van der Waals surface area contributed by atoms with Crippen LogP contribution in [0.3, 0.4) is 0 Å². The normalized spacial score (nSPS) is 18.7. The van der Waals surface area contributed by atoms with E-state index in [1.54, 1.807) is 11.5 Å². The van der Waals surface area contributed by atoms with Crippen molar-refractivity contribution in [2.24, 2.45) is 0 Å². The summed E-state index contributed by atoms with van der Waals surface area (Å²) in [4.78, 5) is 42.8. The number of amides is 1. The van der Waals surface area contributed by atoms with E-state index in [0.717, 1.165) is 37.9 Å². The second-order valence-corrected chi connectivity index (χ2v) is 8.23. The molecule has 0 radical (unpaired) electrons. The first kappa shape index (κ1) is 17.2. The van der Waals surface area contributed by atoms with E-state index in [-0.39, 0.29) is 5.56 Å². The second kappa shape index (κ2) is 6.19. The van der Waals surface area contributed by atoms with Gasteiger partial charge < -0.3 is 10.4 Å². The minimum absolute atomic E-state index is 0.0868. The topological polar surface area (TPSA) is 101 Å². The maximum absolute atomic E-state index is 12.9. The Hall–Kier alpha value is -2.22. The Morgan fingerprint density at radius 2 is 2.00 bits per heavy atom. The molecule has 4 rings (SSSR count). The minimum Gasteiger partial charge on any atom is -0.480 e. The molecule has 7 nitrogen and oxygen atoms in total. The quantitative estimate of drug-likeness (QED) is 0.857. The standard InChI is InChI=1S/C18H21N3O4S/c1-10-12-15(19-11-6-3-2-4-9-21(11)16(12)23)26-13(10)14(22)20-18(17(24)25)7-5-8-18/h2-9H2,1H3,(H,20,22)(H,24,25). The van der Waals surface area contributed by atoms with Gasteiger partial charge in [0.25, 0.3) is 11.5 Å². The molecule has 138 valence electrons. The third-order valence-corrected chi connectivity index (χ3v) is 6.77. The molecular weight excluding hydrogens is 354 g/mol. The largest absolute Gasteiger partial charge is 0.480 e. The summed E-state index contributed by atoms with van der Waals surface area (Å²) in [5.74, 6) is -0.637. The number of carboxylic acid groups (broad SMARTS) is 1. The van der Waals surface area contributed by atoms with E-state index in [4.69, 9.17) is 0 Å². The van der Waals surface area contributed by atoms with E-state index in [1.165, 1.54) is 11.3 Å². The van der Waals surface area contributed by atoms with E-state index in [1.807, 2.05) is 0 Å². The Morgan fingerprint density at radius 1 is 1.23 bits per heavy atom. The number of thiophene rings is 1. The van der Waals surface area contributed by atoms with Gasteiger partial charge in [0.1, 0.15) is 16.2 Å². The van der Waals surface area contributed by atoms with E-state index in [2.05, 4.69) is 10.3 Å². The van der Waals surface area contributed by atoms with Crippen molar-refractivity contribution < 1.29 is 14.7 Å². The average molecular weight is 375 g/mol. The van der Waals surface area contributed by atoms with E-state index < -0.39 is 17.4 Å². The molecule has 8 heteroatoms.